The third kappa shape index (κ3) is 2.27. The number of hydrogen-bond acceptors (Lipinski definition) is 4. The summed E-state index contributed by atoms with van der Waals surface area (Å²) in [6.07, 6.45) is 0.978. The van der Waals surface area contributed by atoms with Crippen molar-refractivity contribution in [1.82, 2.24) is 0 Å². The van der Waals surface area contributed by atoms with Gasteiger partial charge in [-0.3, -0.25) is 4.79 Å². The molecule has 4 heteroatoms. The number of hydrogen-bond donors (Lipinski definition) is 1. The molecule has 80 valence electrons. The molecule has 0 radical (unpaired) electrons. The average molecular weight is 208 g/mol. The molecule has 0 saturated carbocycles. The molecule has 0 aliphatic carbocycles. The Labute approximate surface area is 87.4 Å². The molecule has 1 aliphatic heterocycles. The van der Waals surface area contributed by atoms with E-state index in [0.717, 1.165) is 17.1 Å². The predicted octanol–water partition coefficient (Wildman–Crippen LogP) is 0.909. The lowest BCUT2D eigenvalue weighted by atomic mass is 10.1. The van der Waals surface area contributed by atoms with Crippen molar-refractivity contribution in [1.29, 1.82) is 0 Å². The van der Waals surface area contributed by atoms with Crippen LogP contribution in [0.1, 0.15) is 12.0 Å². The van der Waals surface area contributed by atoms with Crippen LogP contribution in [0.2, 0.25) is 0 Å². The first kappa shape index (κ1) is 9.98. The van der Waals surface area contributed by atoms with Crippen LogP contribution < -0.4 is 9.47 Å². The maximum Gasteiger partial charge on any atom is 0.231 e. The molecule has 1 heterocycles. The number of Topliss-reactive ketones (excluding diaryl/α,β-unsaturated/α-hetero) is 1. The summed E-state index contributed by atoms with van der Waals surface area (Å²) in [6, 6.07) is 5.60. The molecule has 1 aliphatic rings. The van der Waals surface area contributed by atoms with Gasteiger partial charge < -0.3 is 14.6 Å². The molecule has 0 spiro atoms. The van der Waals surface area contributed by atoms with Gasteiger partial charge in [0, 0.05) is 6.42 Å². The Morgan fingerprint density at radius 3 is 2.93 bits per heavy atom. The van der Waals surface area contributed by atoms with Crippen molar-refractivity contribution in [2.45, 2.75) is 12.8 Å². The first-order valence-corrected chi connectivity index (χ1v) is 4.80. The van der Waals surface area contributed by atoms with Crippen molar-refractivity contribution in [3.05, 3.63) is 23.8 Å². The van der Waals surface area contributed by atoms with Crippen molar-refractivity contribution in [3.63, 3.8) is 0 Å². The molecule has 1 aromatic rings. The summed E-state index contributed by atoms with van der Waals surface area (Å²) in [7, 11) is 0. The topological polar surface area (TPSA) is 55.8 Å². The van der Waals surface area contributed by atoms with Gasteiger partial charge in [0.05, 0.1) is 0 Å². The molecule has 0 amide bonds. The number of rotatable bonds is 4. The van der Waals surface area contributed by atoms with Gasteiger partial charge in [-0.15, -0.1) is 0 Å². The van der Waals surface area contributed by atoms with Crippen molar-refractivity contribution in [3.8, 4) is 11.5 Å². The van der Waals surface area contributed by atoms with Crippen molar-refractivity contribution < 1.29 is 19.4 Å². The Morgan fingerprint density at radius 1 is 1.33 bits per heavy atom. The standard InChI is InChI=1S/C11H12O4/c12-6-9(13)3-1-8-2-4-10-11(5-8)15-7-14-10/h2,4-5,12H,1,3,6-7H2. The predicted molar refractivity (Wildman–Crippen MR) is 53.0 cm³/mol. The Bertz CT molecular complexity index is 373. The van der Waals surface area contributed by atoms with E-state index in [1.54, 1.807) is 0 Å². The fourth-order valence-electron chi connectivity index (χ4n) is 1.46. The number of aliphatic hydroxyl groups is 1. The Hall–Kier alpha value is -1.55. The maximum absolute atomic E-state index is 10.9. The van der Waals surface area contributed by atoms with Gasteiger partial charge in [0.1, 0.15) is 6.61 Å². The molecular formula is C11H12O4. The van der Waals surface area contributed by atoms with Crippen molar-refractivity contribution in [2.24, 2.45) is 0 Å². The number of ketones is 1. The molecule has 4 nitrogen and oxygen atoms in total. The zero-order valence-electron chi connectivity index (χ0n) is 8.23. The van der Waals surface area contributed by atoms with E-state index >= 15 is 0 Å². The average Bonchev–Trinajstić information content (AvgIpc) is 2.72. The van der Waals surface area contributed by atoms with E-state index in [1.807, 2.05) is 18.2 Å². The van der Waals surface area contributed by atoms with Crippen LogP contribution in [0.25, 0.3) is 0 Å². The summed E-state index contributed by atoms with van der Waals surface area (Å²) in [6.45, 7) is -0.126. The van der Waals surface area contributed by atoms with E-state index < -0.39 is 0 Å². The highest BCUT2D eigenvalue weighted by atomic mass is 16.7. The van der Waals surface area contributed by atoms with Gasteiger partial charge in [0.2, 0.25) is 6.79 Å². The highest BCUT2D eigenvalue weighted by Gasteiger charge is 2.13. The Balaban J connectivity index is 2.01. The second kappa shape index (κ2) is 4.31. The molecule has 1 aromatic carbocycles. The number of carbonyl (C=O) groups is 1. The Kier molecular flexibility index (Phi) is 2.87. The van der Waals surface area contributed by atoms with Crippen LogP contribution in [0.15, 0.2) is 18.2 Å². The van der Waals surface area contributed by atoms with Crippen LogP contribution in [0.4, 0.5) is 0 Å². The quantitative estimate of drug-likeness (QED) is 0.799. The fraction of sp³-hybridized carbons (Fsp3) is 0.364. The number of aryl methyl sites for hydroxylation is 1. The molecule has 0 aromatic heterocycles. The van der Waals surface area contributed by atoms with Gasteiger partial charge in [-0.1, -0.05) is 6.07 Å². The van der Waals surface area contributed by atoms with Crippen molar-refractivity contribution >= 4 is 5.78 Å². The molecule has 0 saturated heterocycles. The highest BCUT2D eigenvalue weighted by Crippen LogP contribution is 2.32. The summed E-state index contributed by atoms with van der Waals surface area (Å²) in [5, 5.41) is 8.57. The van der Waals surface area contributed by atoms with Crippen LogP contribution >= 0.6 is 0 Å². The molecule has 0 atom stereocenters. The summed E-state index contributed by atoms with van der Waals surface area (Å²) < 4.78 is 10.4. The van der Waals surface area contributed by atoms with E-state index in [-0.39, 0.29) is 19.2 Å². The monoisotopic (exact) mass is 208 g/mol. The molecule has 0 fully saturated rings. The second-order valence-corrected chi connectivity index (χ2v) is 3.38. The normalized spacial score (nSPS) is 12.9. The molecule has 2 rings (SSSR count). The lowest BCUT2D eigenvalue weighted by Crippen LogP contribution is -2.04. The third-order valence-electron chi connectivity index (χ3n) is 2.31. The molecule has 0 bridgehead atoms. The summed E-state index contributed by atoms with van der Waals surface area (Å²) in [5.74, 6) is 1.32. The van der Waals surface area contributed by atoms with E-state index in [9.17, 15) is 4.79 Å². The lowest BCUT2D eigenvalue weighted by Gasteiger charge is -2.01. The minimum Gasteiger partial charge on any atom is -0.454 e. The highest BCUT2D eigenvalue weighted by molar-refractivity contribution is 5.79. The van der Waals surface area contributed by atoms with E-state index in [1.165, 1.54) is 0 Å². The van der Waals surface area contributed by atoms with Crippen molar-refractivity contribution in [2.75, 3.05) is 13.4 Å². The van der Waals surface area contributed by atoms with Crippen LogP contribution in [-0.2, 0) is 11.2 Å². The van der Waals surface area contributed by atoms with Crippen LogP contribution in [0, 0.1) is 0 Å². The van der Waals surface area contributed by atoms with E-state index in [0.29, 0.717) is 12.8 Å². The van der Waals surface area contributed by atoms with Gasteiger partial charge >= 0.3 is 0 Å². The zero-order valence-corrected chi connectivity index (χ0v) is 8.23. The third-order valence-corrected chi connectivity index (χ3v) is 2.31. The number of ether oxygens (including phenoxy) is 2. The first-order chi connectivity index (χ1) is 7.29. The Morgan fingerprint density at radius 2 is 2.13 bits per heavy atom. The minimum atomic E-state index is -0.384. The van der Waals surface area contributed by atoms with Gasteiger partial charge in [-0.2, -0.15) is 0 Å². The number of benzene rings is 1. The molecule has 1 N–H and O–H groups in total. The van der Waals surface area contributed by atoms with Crippen LogP contribution in [0.3, 0.4) is 0 Å². The summed E-state index contributed by atoms with van der Waals surface area (Å²) >= 11 is 0. The first-order valence-electron chi connectivity index (χ1n) is 4.80. The largest absolute Gasteiger partial charge is 0.454 e. The second-order valence-electron chi connectivity index (χ2n) is 3.38. The van der Waals surface area contributed by atoms with Gasteiger partial charge in [-0.05, 0) is 24.1 Å². The molecule has 15 heavy (non-hydrogen) atoms. The van der Waals surface area contributed by atoms with E-state index in [2.05, 4.69) is 0 Å². The van der Waals surface area contributed by atoms with Gasteiger partial charge in [0.15, 0.2) is 17.3 Å². The summed E-state index contributed by atoms with van der Waals surface area (Å²) in [5.41, 5.74) is 1.01. The summed E-state index contributed by atoms with van der Waals surface area (Å²) in [4.78, 5) is 10.9. The van der Waals surface area contributed by atoms with E-state index in [4.69, 9.17) is 14.6 Å². The number of aliphatic hydroxyl groups excluding tert-OH is 1. The van der Waals surface area contributed by atoms with Gasteiger partial charge in [0.25, 0.3) is 0 Å². The fourth-order valence-corrected chi connectivity index (χ4v) is 1.46. The van der Waals surface area contributed by atoms with Crippen LogP contribution in [-0.4, -0.2) is 24.3 Å². The van der Waals surface area contributed by atoms with Gasteiger partial charge in [-0.25, -0.2) is 0 Å². The molecule has 0 unspecified atom stereocenters. The number of carbonyl (C=O) groups excluding carboxylic acids is 1. The smallest absolute Gasteiger partial charge is 0.231 e. The lowest BCUT2D eigenvalue weighted by molar-refractivity contribution is -0.121. The minimum absolute atomic E-state index is 0.146. The zero-order chi connectivity index (χ0) is 10.7. The SMILES string of the molecule is O=C(CO)CCc1ccc2c(c1)OCO2. The van der Waals surface area contributed by atoms with Crippen LogP contribution in [0.5, 0.6) is 11.5 Å². The maximum atomic E-state index is 10.9. The number of fused-ring (bicyclic) bond motifs is 1. The molecular weight excluding hydrogens is 196 g/mol.